The van der Waals surface area contributed by atoms with E-state index >= 15 is 0 Å². The predicted molar refractivity (Wildman–Crippen MR) is 109 cm³/mol. The molecule has 0 radical (unpaired) electrons. The van der Waals surface area contributed by atoms with Gasteiger partial charge in [0.2, 0.25) is 15.9 Å². The number of amides is 1. The van der Waals surface area contributed by atoms with E-state index in [1.165, 1.54) is 16.1 Å². The zero-order valence-electron chi connectivity index (χ0n) is 16.0. The molecule has 0 atom stereocenters. The van der Waals surface area contributed by atoms with Crippen molar-refractivity contribution in [1.29, 1.82) is 0 Å². The summed E-state index contributed by atoms with van der Waals surface area (Å²) in [6, 6.07) is 17.9. The van der Waals surface area contributed by atoms with E-state index in [4.69, 9.17) is 0 Å². The highest BCUT2D eigenvalue weighted by Crippen LogP contribution is 2.07. The van der Waals surface area contributed by atoms with E-state index in [1.807, 2.05) is 61.5 Å². The molecule has 6 heteroatoms. The van der Waals surface area contributed by atoms with Crippen LogP contribution in [0, 0.1) is 6.92 Å². The third-order valence-corrected chi connectivity index (χ3v) is 5.65. The standard InChI is InChI=1S/C21H28N2O3S/c1-18-8-6-11-20(16-18)17-22-21(24)13-15-23(27(2,25)26)14-7-12-19-9-4-3-5-10-19/h3-6,8-11,16H,7,12-15,17H2,1-2H3,(H,22,24). The van der Waals surface area contributed by atoms with Crippen molar-refractivity contribution in [2.45, 2.75) is 32.7 Å². The molecule has 0 fully saturated rings. The average Bonchev–Trinajstić information content (AvgIpc) is 2.62. The summed E-state index contributed by atoms with van der Waals surface area (Å²) >= 11 is 0. The monoisotopic (exact) mass is 388 g/mol. The van der Waals surface area contributed by atoms with Crippen LogP contribution >= 0.6 is 0 Å². The van der Waals surface area contributed by atoms with Gasteiger partial charge in [-0.1, -0.05) is 60.2 Å². The van der Waals surface area contributed by atoms with E-state index in [1.54, 1.807) is 0 Å². The third-order valence-electron chi connectivity index (χ3n) is 4.35. The molecule has 0 spiro atoms. The topological polar surface area (TPSA) is 66.5 Å². The highest BCUT2D eigenvalue weighted by molar-refractivity contribution is 7.88. The van der Waals surface area contributed by atoms with Crippen LogP contribution in [0.4, 0.5) is 0 Å². The van der Waals surface area contributed by atoms with Crippen molar-refractivity contribution in [2.24, 2.45) is 0 Å². The highest BCUT2D eigenvalue weighted by atomic mass is 32.2. The Balaban J connectivity index is 1.78. The first-order valence-electron chi connectivity index (χ1n) is 9.16. The van der Waals surface area contributed by atoms with Crippen molar-refractivity contribution in [3.63, 3.8) is 0 Å². The second-order valence-electron chi connectivity index (χ2n) is 6.77. The Morgan fingerprint density at radius 3 is 2.37 bits per heavy atom. The second-order valence-corrected chi connectivity index (χ2v) is 8.75. The first kappa shape index (κ1) is 21.1. The molecule has 5 nitrogen and oxygen atoms in total. The van der Waals surface area contributed by atoms with Gasteiger partial charge < -0.3 is 5.32 Å². The van der Waals surface area contributed by atoms with Gasteiger partial charge in [-0.15, -0.1) is 0 Å². The van der Waals surface area contributed by atoms with Gasteiger partial charge in [0, 0.05) is 26.1 Å². The lowest BCUT2D eigenvalue weighted by molar-refractivity contribution is -0.121. The number of carbonyl (C=O) groups is 1. The number of aryl methyl sites for hydroxylation is 2. The first-order valence-corrected chi connectivity index (χ1v) is 11.0. The lowest BCUT2D eigenvalue weighted by atomic mass is 10.1. The fourth-order valence-electron chi connectivity index (χ4n) is 2.89. The Hall–Kier alpha value is -2.18. The molecule has 1 N–H and O–H groups in total. The maximum absolute atomic E-state index is 12.1. The number of nitrogens with one attached hydrogen (secondary N) is 1. The molecular weight excluding hydrogens is 360 g/mol. The van der Waals surface area contributed by atoms with Crippen LogP contribution in [0.2, 0.25) is 0 Å². The van der Waals surface area contributed by atoms with Crippen molar-refractivity contribution in [2.75, 3.05) is 19.3 Å². The van der Waals surface area contributed by atoms with Gasteiger partial charge in [-0.2, -0.15) is 0 Å². The smallest absolute Gasteiger partial charge is 0.221 e. The maximum Gasteiger partial charge on any atom is 0.221 e. The van der Waals surface area contributed by atoms with E-state index in [-0.39, 0.29) is 18.9 Å². The molecule has 0 aromatic heterocycles. The van der Waals surface area contributed by atoms with Crippen LogP contribution in [0.1, 0.15) is 29.5 Å². The number of benzene rings is 2. The van der Waals surface area contributed by atoms with E-state index in [0.717, 1.165) is 24.0 Å². The molecule has 0 bridgehead atoms. The minimum absolute atomic E-state index is 0.145. The van der Waals surface area contributed by atoms with E-state index in [9.17, 15) is 13.2 Å². The Kier molecular flexibility index (Phi) is 8.00. The molecule has 146 valence electrons. The molecule has 0 aliphatic rings. The van der Waals surface area contributed by atoms with E-state index in [2.05, 4.69) is 5.32 Å². The molecule has 1 amide bonds. The number of hydrogen-bond acceptors (Lipinski definition) is 3. The molecule has 0 saturated heterocycles. The van der Waals surface area contributed by atoms with Gasteiger partial charge in [0.1, 0.15) is 0 Å². The van der Waals surface area contributed by atoms with Crippen LogP contribution in [-0.2, 0) is 27.8 Å². The quantitative estimate of drug-likeness (QED) is 0.681. The maximum atomic E-state index is 12.1. The van der Waals surface area contributed by atoms with Gasteiger partial charge in [0.15, 0.2) is 0 Å². The lowest BCUT2D eigenvalue weighted by Crippen LogP contribution is -2.35. The molecule has 2 rings (SSSR count). The summed E-state index contributed by atoms with van der Waals surface area (Å²) in [5.74, 6) is -0.145. The zero-order valence-corrected chi connectivity index (χ0v) is 16.8. The van der Waals surface area contributed by atoms with E-state index in [0.29, 0.717) is 13.1 Å². The average molecular weight is 389 g/mol. The largest absolute Gasteiger partial charge is 0.352 e. The Labute approximate surface area is 162 Å². The Bertz CT molecular complexity index is 836. The zero-order chi connectivity index (χ0) is 19.7. The molecule has 2 aromatic rings. The SMILES string of the molecule is Cc1cccc(CNC(=O)CCN(CCCc2ccccc2)S(C)(=O)=O)c1. The minimum Gasteiger partial charge on any atom is -0.352 e. The Morgan fingerprint density at radius 1 is 1.00 bits per heavy atom. The van der Waals surface area contributed by atoms with Gasteiger partial charge in [-0.3, -0.25) is 4.79 Å². The fraction of sp³-hybridized carbons (Fsp3) is 0.381. The number of rotatable bonds is 10. The lowest BCUT2D eigenvalue weighted by Gasteiger charge is -2.19. The second kappa shape index (κ2) is 10.2. The first-order chi connectivity index (χ1) is 12.8. The molecule has 0 aliphatic heterocycles. The molecule has 27 heavy (non-hydrogen) atoms. The number of hydrogen-bond donors (Lipinski definition) is 1. The summed E-state index contributed by atoms with van der Waals surface area (Å²) in [5.41, 5.74) is 3.36. The summed E-state index contributed by atoms with van der Waals surface area (Å²) in [6.45, 7) is 3.07. The Morgan fingerprint density at radius 2 is 1.70 bits per heavy atom. The van der Waals surface area contributed by atoms with Crippen LogP contribution in [0.3, 0.4) is 0 Å². The van der Waals surface area contributed by atoms with Gasteiger partial charge in [0.05, 0.1) is 6.26 Å². The minimum atomic E-state index is -3.33. The molecular formula is C21H28N2O3S. The predicted octanol–water partition coefficient (Wildman–Crippen LogP) is 2.90. The summed E-state index contributed by atoms with van der Waals surface area (Å²) in [6.07, 6.45) is 2.89. The van der Waals surface area contributed by atoms with Crippen molar-refractivity contribution in [1.82, 2.24) is 9.62 Å². The molecule has 0 unspecified atom stereocenters. The van der Waals surface area contributed by atoms with Crippen LogP contribution in [-0.4, -0.2) is 38.0 Å². The molecule has 0 aliphatic carbocycles. The molecule has 0 saturated carbocycles. The van der Waals surface area contributed by atoms with Crippen LogP contribution in [0.25, 0.3) is 0 Å². The van der Waals surface area contributed by atoms with E-state index < -0.39 is 10.0 Å². The van der Waals surface area contributed by atoms with Crippen LogP contribution in [0.5, 0.6) is 0 Å². The summed E-state index contributed by atoms with van der Waals surface area (Å²) in [7, 11) is -3.33. The van der Waals surface area contributed by atoms with Crippen molar-refractivity contribution < 1.29 is 13.2 Å². The summed E-state index contributed by atoms with van der Waals surface area (Å²) in [5, 5.41) is 2.85. The van der Waals surface area contributed by atoms with Crippen molar-refractivity contribution in [3.05, 3.63) is 71.3 Å². The molecule has 0 heterocycles. The van der Waals surface area contributed by atoms with Gasteiger partial charge in [-0.05, 0) is 30.9 Å². The van der Waals surface area contributed by atoms with Crippen LogP contribution < -0.4 is 5.32 Å². The van der Waals surface area contributed by atoms with Gasteiger partial charge in [0.25, 0.3) is 0 Å². The van der Waals surface area contributed by atoms with Gasteiger partial charge >= 0.3 is 0 Å². The summed E-state index contributed by atoms with van der Waals surface area (Å²) in [4.78, 5) is 12.1. The van der Waals surface area contributed by atoms with Gasteiger partial charge in [-0.25, -0.2) is 12.7 Å². The van der Waals surface area contributed by atoms with Crippen LogP contribution in [0.15, 0.2) is 54.6 Å². The number of carbonyl (C=O) groups excluding carboxylic acids is 1. The van der Waals surface area contributed by atoms with Crippen molar-refractivity contribution in [3.8, 4) is 0 Å². The number of sulfonamides is 1. The van der Waals surface area contributed by atoms with Crippen molar-refractivity contribution >= 4 is 15.9 Å². The summed E-state index contributed by atoms with van der Waals surface area (Å²) < 4.78 is 25.4. The third kappa shape index (κ3) is 7.93. The number of nitrogens with zero attached hydrogens (tertiary/aromatic N) is 1. The highest BCUT2D eigenvalue weighted by Gasteiger charge is 2.17. The fourth-order valence-corrected chi connectivity index (χ4v) is 3.77. The molecule has 2 aromatic carbocycles. The normalized spacial score (nSPS) is 11.5.